The van der Waals surface area contributed by atoms with E-state index in [1.165, 1.54) is 0 Å². The van der Waals surface area contributed by atoms with Gasteiger partial charge in [-0.15, -0.1) is 0 Å². The number of hydrogen-bond donors (Lipinski definition) is 0. The first-order valence-corrected chi connectivity index (χ1v) is 13.4. The van der Waals surface area contributed by atoms with E-state index in [9.17, 15) is 0 Å². The molecule has 0 aromatic rings. The molecule has 0 saturated carbocycles. The lowest BCUT2D eigenvalue weighted by molar-refractivity contribution is 0.147. The number of ether oxygens (including phenoxy) is 1. The summed E-state index contributed by atoms with van der Waals surface area (Å²) in [5.74, 6) is 1.44. The molecule has 0 amide bonds. The van der Waals surface area contributed by atoms with Gasteiger partial charge >= 0.3 is 0 Å². The molecule has 0 aliphatic heterocycles. The summed E-state index contributed by atoms with van der Waals surface area (Å²) in [6, 6.07) is 0. The Morgan fingerprint density at radius 3 is 1.79 bits per heavy atom. The standard InChI is InChI=1S/C14H28O3Si2/c1-9-13(16-18(3,4)5)11-10-12-14(15-2)17-19(6,7)8/h9-12H,1-8H3/b11-10+,13-9-,14-12+. The fraction of sp³-hybridized carbons (Fsp3) is 0.571. The highest BCUT2D eigenvalue weighted by Crippen LogP contribution is 2.13. The highest BCUT2D eigenvalue weighted by atomic mass is 28.4. The molecule has 0 heterocycles. The molecule has 3 nitrogen and oxygen atoms in total. The van der Waals surface area contributed by atoms with Crippen LogP contribution in [0, 0.1) is 0 Å². The Labute approximate surface area is 120 Å². The van der Waals surface area contributed by atoms with E-state index in [-0.39, 0.29) is 0 Å². The van der Waals surface area contributed by atoms with Gasteiger partial charge in [-0.1, -0.05) is 6.08 Å². The van der Waals surface area contributed by atoms with Crippen molar-refractivity contribution in [3.63, 3.8) is 0 Å². The summed E-state index contributed by atoms with van der Waals surface area (Å²) in [5, 5.41) is 0. The first kappa shape index (κ1) is 18.1. The van der Waals surface area contributed by atoms with Crippen molar-refractivity contribution in [3.8, 4) is 0 Å². The molecule has 110 valence electrons. The lowest BCUT2D eigenvalue weighted by Crippen LogP contribution is -2.25. The average molecular weight is 301 g/mol. The predicted octanol–water partition coefficient (Wildman–Crippen LogP) is 4.64. The van der Waals surface area contributed by atoms with Crippen molar-refractivity contribution in [3.05, 3.63) is 36.0 Å². The summed E-state index contributed by atoms with van der Waals surface area (Å²) >= 11 is 0. The second-order valence-corrected chi connectivity index (χ2v) is 15.0. The molecule has 0 fully saturated rings. The van der Waals surface area contributed by atoms with Gasteiger partial charge in [0, 0.05) is 6.08 Å². The predicted molar refractivity (Wildman–Crippen MR) is 86.9 cm³/mol. The molecule has 0 N–H and O–H groups in total. The highest BCUT2D eigenvalue weighted by molar-refractivity contribution is 6.70. The molecule has 0 spiro atoms. The van der Waals surface area contributed by atoms with Crippen molar-refractivity contribution < 1.29 is 13.6 Å². The van der Waals surface area contributed by atoms with Crippen LogP contribution in [0.15, 0.2) is 36.0 Å². The van der Waals surface area contributed by atoms with Crippen LogP contribution in [0.2, 0.25) is 39.3 Å². The third-order valence-corrected chi connectivity index (χ3v) is 3.47. The molecule has 0 saturated heterocycles. The van der Waals surface area contributed by atoms with E-state index in [0.29, 0.717) is 5.95 Å². The number of hydrogen-bond acceptors (Lipinski definition) is 3. The Hall–Kier alpha value is -0.946. The Kier molecular flexibility index (Phi) is 7.22. The van der Waals surface area contributed by atoms with E-state index < -0.39 is 16.6 Å². The van der Waals surface area contributed by atoms with Crippen molar-refractivity contribution in [2.75, 3.05) is 7.11 Å². The van der Waals surface area contributed by atoms with Crippen LogP contribution in [0.4, 0.5) is 0 Å². The van der Waals surface area contributed by atoms with Crippen LogP contribution in [0.25, 0.3) is 0 Å². The molecule has 19 heavy (non-hydrogen) atoms. The monoisotopic (exact) mass is 300 g/mol. The molecule has 0 bridgehead atoms. The minimum absolute atomic E-state index is 0.555. The second-order valence-electron chi connectivity index (χ2n) is 6.17. The van der Waals surface area contributed by atoms with Gasteiger partial charge in [-0.3, -0.25) is 0 Å². The molecular weight excluding hydrogens is 272 g/mol. The summed E-state index contributed by atoms with van der Waals surface area (Å²) in [7, 11) is -1.57. The third-order valence-electron chi connectivity index (χ3n) is 1.81. The largest absolute Gasteiger partial charge is 0.545 e. The molecular formula is C14H28O3Si2. The van der Waals surface area contributed by atoms with Crippen LogP contribution in [0.3, 0.4) is 0 Å². The van der Waals surface area contributed by atoms with E-state index in [1.807, 2.05) is 31.2 Å². The van der Waals surface area contributed by atoms with Gasteiger partial charge in [0.15, 0.2) is 0 Å². The summed E-state index contributed by atoms with van der Waals surface area (Å²) < 4.78 is 16.9. The normalized spacial score (nSPS) is 14.7. The second kappa shape index (κ2) is 7.60. The van der Waals surface area contributed by atoms with Crippen molar-refractivity contribution in [2.24, 2.45) is 0 Å². The van der Waals surface area contributed by atoms with Gasteiger partial charge in [-0.25, -0.2) is 0 Å². The van der Waals surface area contributed by atoms with Crippen LogP contribution in [-0.4, -0.2) is 23.7 Å². The van der Waals surface area contributed by atoms with Gasteiger partial charge < -0.3 is 13.6 Å². The fourth-order valence-corrected chi connectivity index (χ4v) is 2.86. The summed E-state index contributed by atoms with van der Waals surface area (Å²) in [5.41, 5.74) is 0. The molecule has 0 radical (unpaired) electrons. The molecule has 5 heteroatoms. The van der Waals surface area contributed by atoms with Gasteiger partial charge in [-0.2, -0.15) is 0 Å². The number of rotatable bonds is 7. The minimum Gasteiger partial charge on any atom is -0.545 e. The summed E-state index contributed by atoms with van der Waals surface area (Å²) in [6.07, 6.45) is 7.63. The summed E-state index contributed by atoms with van der Waals surface area (Å²) in [6.45, 7) is 14.8. The molecule has 0 aliphatic rings. The Balaban J connectivity index is 4.68. The maximum absolute atomic E-state index is 5.91. The molecule has 0 atom stereocenters. The zero-order valence-electron chi connectivity index (χ0n) is 13.5. The minimum atomic E-state index is -1.63. The van der Waals surface area contributed by atoms with E-state index >= 15 is 0 Å². The number of methoxy groups -OCH3 is 1. The summed E-state index contributed by atoms with van der Waals surface area (Å²) in [4.78, 5) is 0. The van der Waals surface area contributed by atoms with Crippen LogP contribution in [-0.2, 0) is 13.6 Å². The smallest absolute Gasteiger partial charge is 0.264 e. The maximum Gasteiger partial charge on any atom is 0.264 e. The topological polar surface area (TPSA) is 27.7 Å². The first-order chi connectivity index (χ1) is 8.57. The Morgan fingerprint density at radius 2 is 1.42 bits per heavy atom. The molecule has 0 aromatic carbocycles. The lowest BCUT2D eigenvalue weighted by atomic mass is 10.4. The van der Waals surface area contributed by atoms with Crippen molar-refractivity contribution >= 4 is 16.6 Å². The molecule has 0 aliphatic carbocycles. The van der Waals surface area contributed by atoms with Crippen LogP contribution >= 0.6 is 0 Å². The number of allylic oxidation sites excluding steroid dienone is 4. The SMILES string of the molecule is C/C=C(/C=C/C=C(\OC)O[Si](C)(C)C)O[Si](C)(C)C. The van der Waals surface area contributed by atoms with Crippen molar-refractivity contribution in [2.45, 2.75) is 46.2 Å². The van der Waals surface area contributed by atoms with E-state index in [4.69, 9.17) is 13.6 Å². The van der Waals surface area contributed by atoms with Crippen LogP contribution in [0.1, 0.15) is 6.92 Å². The molecule has 0 unspecified atom stereocenters. The highest BCUT2D eigenvalue weighted by Gasteiger charge is 2.18. The van der Waals surface area contributed by atoms with Gasteiger partial charge in [0.25, 0.3) is 5.95 Å². The van der Waals surface area contributed by atoms with Gasteiger partial charge in [-0.05, 0) is 58.4 Å². The van der Waals surface area contributed by atoms with Crippen molar-refractivity contribution in [1.29, 1.82) is 0 Å². The lowest BCUT2D eigenvalue weighted by Gasteiger charge is -2.20. The van der Waals surface area contributed by atoms with Gasteiger partial charge in [0.1, 0.15) is 0 Å². The Morgan fingerprint density at radius 1 is 0.895 bits per heavy atom. The zero-order chi connectivity index (χ0) is 15.1. The Bertz CT molecular complexity index is 358. The van der Waals surface area contributed by atoms with Crippen molar-refractivity contribution in [1.82, 2.24) is 0 Å². The van der Waals surface area contributed by atoms with E-state index in [2.05, 4.69) is 39.3 Å². The van der Waals surface area contributed by atoms with Crippen LogP contribution in [0.5, 0.6) is 0 Å². The van der Waals surface area contributed by atoms with E-state index in [0.717, 1.165) is 5.76 Å². The molecule has 0 rings (SSSR count). The average Bonchev–Trinajstić information content (AvgIpc) is 2.22. The quantitative estimate of drug-likeness (QED) is 0.389. The van der Waals surface area contributed by atoms with Gasteiger partial charge in [0.2, 0.25) is 16.6 Å². The first-order valence-electron chi connectivity index (χ1n) is 6.54. The molecule has 0 aromatic heterocycles. The van der Waals surface area contributed by atoms with Crippen LogP contribution < -0.4 is 0 Å². The maximum atomic E-state index is 5.91. The van der Waals surface area contributed by atoms with Gasteiger partial charge in [0.05, 0.1) is 12.9 Å². The fourth-order valence-electron chi connectivity index (χ4n) is 1.21. The van der Waals surface area contributed by atoms with E-state index in [1.54, 1.807) is 7.11 Å². The third kappa shape index (κ3) is 10.6. The zero-order valence-corrected chi connectivity index (χ0v) is 15.5.